The van der Waals surface area contributed by atoms with E-state index in [2.05, 4.69) is 10.6 Å². The van der Waals surface area contributed by atoms with E-state index in [9.17, 15) is 19.5 Å². The maximum Gasteiger partial charge on any atom is 0.317 e. The number of aliphatic hydroxyl groups excluding tert-OH is 1. The second-order valence-electron chi connectivity index (χ2n) is 11.8. The monoisotopic (exact) mass is 542 g/mol. The van der Waals surface area contributed by atoms with Crippen molar-refractivity contribution in [2.24, 2.45) is 11.8 Å². The van der Waals surface area contributed by atoms with Crippen molar-refractivity contribution < 1.29 is 24.2 Å². The van der Waals surface area contributed by atoms with Crippen LogP contribution in [-0.2, 0) is 4.79 Å². The van der Waals surface area contributed by atoms with Crippen molar-refractivity contribution >= 4 is 23.5 Å². The summed E-state index contributed by atoms with van der Waals surface area (Å²) in [5, 5.41) is 16.1. The third-order valence-corrected chi connectivity index (χ3v) is 8.66. The lowest BCUT2D eigenvalue weighted by Crippen LogP contribution is -2.52. The largest absolute Gasteiger partial charge is 0.485 e. The number of fused-ring (bicyclic) bond motifs is 1. The summed E-state index contributed by atoms with van der Waals surface area (Å²) in [6, 6.07) is 4.91. The van der Waals surface area contributed by atoms with Gasteiger partial charge in [-0.05, 0) is 44.7 Å². The van der Waals surface area contributed by atoms with E-state index in [1.807, 2.05) is 13.8 Å². The van der Waals surface area contributed by atoms with Gasteiger partial charge in [0.25, 0.3) is 5.91 Å². The number of rotatable bonds is 7. The van der Waals surface area contributed by atoms with Crippen LogP contribution in [0, 0.1) is 11.8 Å². The summed E-state index contributed by atoms with van der Waals surface area (Å²) in [6.07, 6.45) is 10.0. The van der Waals surface area contributed by atoms with Crippen LogP contribution in [0.15, 0.2) is 18.2 Å². The number of carbonyl (C=O) groups is 3. The third kappa shape index (κ3) is 7.24. The van der Waals surface area contributed by atoms with Gasteiger partial charge >= 0.3 is 6.03 Å². The normalized spacial score (nSPS) is 23.6. The van der Waals surface area contributed by atoms with Crippen LogP contribution in [0.3, 0.4) is 0 Å². The minimum Gasteiger partial charge on any atom is -0.485 e. The first-order valence-electron chi connectivity index (χ1n) is 14.8. The lowest BCUT2D eigenvalue weighted by molar-refractivity contribution is -0.120. The Balaban J connectivity index is 1.59. The fraction of sp³-hybridized carbons (Fsp3) is 0.700. The molecule has 2 fully saturated rings. The average Bonchev–Trinajstić information content (AvgIpc) is 2.95. The number of nitrogens with one attached hydrogen (secondary N) is 2. The van der Waals surface area contributed by atoms with Gasteiger partial charge in [-0.2, -0.15) is 0 Å². The molecular formula is C30H46N4O5. The first-order valence-corrected chi connectivity index (χ1v) is 14.8. The number of carbonyl (C=O) groups excluding carboxylic acids is 3. The van der Waals surface area contributed by atoms with Gasteiger partial charge in [-0.3, -0.25) is 9.59 Å². The van der Waals surface area contributed by atoms with E-state index in [4.69, 9.17) is 4.74 Å². The van der Waals surface area contributed by atoms with E-state index >= 15 is 0 Å². The molecule has 4 rings (SSSR count). The maximum atomic E-state index is 13.7. The molecule has 1 aromatic carbocycles. The molecule has 0 radical (unpaired) electrons. The van der Waals surface area contributed by atoms with Gasteiger partial charge in [-0.25, -0.2) is 4.79 Å². The van der Waals surface area contributed by atoms with E-state index in [1.165, 1.54) is 6.42 Å². The summed E-state index contributed by atoms with van der Waals surface area (Å²) >= 11 is 0. The minimum atomic E-state index is -0.430. The Morgan fingerprint density at radius 1 is 1.10 bits per heavy atom. The molecule has 0 unspecified atom stereocenters. The molecule has 216 valence electrons. The number of hydrogen-bond donors (Lipinski definition) is 3. The molecule has 1 aliphatic heterocycles. The Kier molecular flexibility index (Phi) is 10.1. The second kappa shape index (κ2) is 13.5. The zero-order valence-corrected chi connectivity index (χ0v) is 23.8. The molecule has 1 heterocycles. The number of para-hydroxylation sites is 1. The van der Waals surface area contributed by atoms with Crippen LogP contribution in [0.1, 0.15) is 88.4 Å². The maximum absolute atomic E-state index is 13.7. The highest BCUT2D eigenvalue weighted by Gasteiger charge is 2.35. The SMILES string of the molecule is C[C@@H]1CN([C@@H](C)CO)C(=O)c2cccc(NC(=O)C3CCCCC3)c2O[C@@H]1CN(C)C(=O)NC1CCCCC1. The molecule has 3 N–H and O–H groups in total. The van der Waals surface area contributed by atoms with Crippen molar-refractivity contribution in [3.63, 3.8) is 0 Å². The van der Waals surface area contributed by atoms with E-state index in [0.717, 1.165) is 57.8 Å². The average molecular weight is 543 g/mol. The molecule has 9 nitrogen and oxygen atoms in total. The third-order valence-electron chi connectivity index (χ3n) is 8.66. The number of nitrogens with zero attached hydrogens (tertiary/aromatic N) is 2. The quantitative estimate of drug-likeness (QED) is 0.473. The van der Waals surface area contributed by atoms with Crippen molar-refractivity contribution in [3.05, 3.63) is 23.8 Å². The predicted molar refractivity (Wildman–Crippen MR) is 151 cm³/mol. The first kappa shape index (κ1) is 29.2. The summed E-state index contributed by atoms with van der Waals surface area (Å²) in [5.41, 5.74) is 0.824. The highest BCUT2D eigenvalue weighted by atomic mass is 16.5. The Morgan fingerprint density at radius 2 is 1.77 bits per heavy atom. The molecule has 2 aliphatic carbocycles. The van der Waals surface area contributed by atoms with Crippen molar-refractivity contribution in [3.8, 4) is 5.75 Å². The summed E-state index contributed by atoms with van der Waals surface area (Å²) in [4.78, 5) is 43.2. The van der Waals surface area contributed by atoms with E-state index in [0.29, 0.717) is 30.1 Å². The molecular weight excluding hydrogens is 496 g/mol. The van der Waals surface area contributed by atoms with Crippen LogP contribution in [0.25, 0.3) is 0 Å². The van der Waals surface area contributed by atoms with Crippen LogP contribution >= 0.6 is 0 Å². The second-order valence-corrected chi connectivity index (χ2v) is 11.8. The molecule has 9 heteroatoms. The number of anilines is 1. The number of likely N-dealkylation sites (N-methyl/N-ethyl adjacent to an activating group) is 1. The molecule has 3 atom stereocenters. The molecule has 0 saturated heterocycles. The molecule has 0 aromatic heterocycles. The molecule has 4 amide bonds. The fourth-order valence-electron chi connectivity index (χ4n) is 6.04. The zero-order chi connectivity index (χ0) is 27.9. The van der Waals surface area contributed by atoms with Gasteiger partial charge in [-0.15, -0.1) is 0 Å². The van der Waals surface area contributed by atoms with E-state index in [-0.39, 0.29) is 48.4 Å². The van der Waals surface area contributed by atoms with Gasteiger partial charge in [0.15, 0.2) is 5.75 Å². The van der Waals surface area contributed by atoms with Gasteiger partial charge in [-0.1, -0.05) is 51.5 Å². The van der Waals surface area contributed by atoms with Gasteiger partial charge in [0.05, 0.1) is 30.4 Å². The van der Waals surface area contributed by atoms with E-state index in [1.54, 1.807) is 35.0 Å². The van der Waals surface area contributed by atoms with Crippen molar-refractivity contribution in [1.82, 2.24) is 15.1 Å². The predicted octanol–water partition coefficient (Wildman–Crippen LogP) is 4.40. The zero-order valence-electron chi connectivity index (χ0n) is 23.8. The smallest absolute Gasteiger partial charge is 0.317 e. The van der Waals surface area contributed by atoms with Gasteiger partial charge in [0, 0.05) is 31.5 Å². The number of benzene rings is 1. The Labute approximate surface area is 232 Å². The van der Waals surface area contributed by atoms with Crippen LogP contribution in [0.4, 0.5) is 10.5 Å². The van der Waals surface area contributed by atoms with E-state index < -0.39 is 6.10 Å². The van der Waals surface area contributed by atoms with Gasteiger partial charge in [0.1, 0.15) is 6.10 Å². The Hall–Kier alpha value is -2.81. The molecule has 0 bridgehead atoms. The topological polar surface area (TPSA) is 111 Å². The molecule has 2 saturated carbocycles. The lowest BCUT2D eigenvalue weighted by Gasteiger charge is -2.38. The first-order chi connectivity index (χ1) is 18.8. The Bertz CT molecular complexity index is 1010. The minimum absolute atomic E-state index is 0.0460. The van der Waals surface area contributed by atoms with Crippen LogP contribution in [0.5, 0.6) is 5.75 Å². The number of amides is 4. The molecule has 1 aromatic rings. The number of ether oxygens (including phenoxy) is 1. The number of urea groups is 1. The standard InChI is InChI=1S/C30H46N4O5/c1-20-17-34(21(2)19-35)29(37)24-15-10-16-25(32-28(36)22-11-6-4-7-12-22)27(24)39-26(20)18-33(3)30(38)31-23-13-8-5-9-14-23/h10,15-16,20-23,26,35H,4-9,11-14,17-19H2,1-3H3,(H,31,38)(H,32,36)/t20-,21+,26-/m1/s1. The summed E-state index contributed by atoms with van der Waals surface area (Å²) in [6.45, 7) is 4.35. The van der Waals surface area contributed by atoms with Gasteiger partial charge in [0.2, 0.25) is 5.91 Å². The van der Waals surface area contributed by atoms with Crippen molar-refractivity contribution in [2.75, 3.05) is 32.1 Å². The highest BCUT2D eigenvalue weighted by molar-refractivity contribution is 6.02. The number of hydrogen-bond acceptors (Lipinski definition) is 5. The summed E-state index contributed by atoms with van der Waals surface area (Å²) < 4.78 is 6.57. The van der Waals surface area contributed by atoms with Crippen LogP contribution in [0.2, 0.25) is 0 Å². The summed E-state index contributed by atoms with van der Waals surface area (Å²) in [5.74, 6) is -0.138. The molecule has 39 heavy (non-hydrogen) atoms. The van der Waals surface area contributed by atoms with Crippen molar-refractivity contribution in [1.29, 1.82) is 0 Å². The fourth-order valence-corrected chi connectivity index (χ4v) is 6.04. The highest BCUT2D eigenvalue weighted by Crippen LogP contribution is 2.36. The van der Waals surface area contributed by atoms with Crippen LogP contribution in [-0.4, -0.2) is 77.7 Å². The lowest BCUT2D eigenvalue weighted by atomic mass is 9.88. The van der Waals surface area contributed by atoms with Crippen molar-refractivity contribution in [2.45, 2.75) is 96.2 Å². The molecule has 3 aliphatic rings. The number of aliphatic hydroxyl groups is 1. The van der Waals surface area contributed by atoms with Crippen LogP contribution < -0.4 is 15.4 Å². The van der Waals surface area contributed by atoms with Gasteiger partial charge < -0.3 is 30.3 Å². The molecule has 0 spiro atoms. The summed E-state index contributed by atoms with van der Waals surface area (Å²) in [7, 11) is 1.77. The Morgan fingerprint density at radius 3 is 2.44 bits per heavy atom.